The summed E-state index contributed by atoms with van der Waals surface area (Å²) in [7, 11) is -2.60. The Morgan fingerprint density at radius 3 is 2.73 bits per heavy atom. The van der Waals surface area contributed by atoms with Crippen molar-refractivity contribution in [2.75, 3.05) is 26.5 Å². The molecule has 6 heteroatoms. The Bertz CT molecular complexity index is 301. The van der Waals surface area contributed by atoms with Gasteiger partial charge in [-0.3, -0.25) is 4.57 Å². The lowest BCUT2D eigenvalue weighted by atomic mass is 10.0. The fourth-order valence-corrected chi connectivity index (χ4v) is 3.09. The van der Waals surface area contributed by atoms with Crippen LogP contribution in [0.2, 0.25) is 0 Å². The van der Waals surface area contributed by atoms with Crippen LogP contribution in [0.15, 0.2) is 0 Å². The summed E-state index contributed by atoms with van der Waals surface area (Å²) >= 11 is 0. The van der Waals surface area contributed by atoms with E-state index in [9.17, 15) is 9.67 Å². The van der Waals surface area contributed by atoms with Gasteiger partial charge >= 0.3 is 0 Å². The van der Waals surface area contributed by atoms with Crippen molar-refractivity contribution in [3.05, 3.63) is 0 Å². The van der Waals surface area contributed by atoms with Crippen molar-refractivity contribution in [2.24, 2.45) is 0 Å². The van der Waals surface area contributed by atoms with Gasteiger partial charge in [-0.1, -0.05) is 0 Å². The van der Waals surface area contributed by atoms with Crippen LogP contribution < -0.4 is 0 Å². The predicted octanol–water partition coefficient (Wildman–Crippen LogP) is 0.458. The molecule has 2 aliphatic heterocycles. The molecule has 4 atom stereocenters. The lowest BCUT2D eigenvalue weighted by Gasteiger charge is -2.28. The summed E-state index contributed by atoms with van der Waals surface area (Å²) in [4.78, 5) is 0. The van der Waals surface area contributed by atoms with E-state index in [4.69, 9.17) is 14.0 Å². The van der Waals surface area contributed by atoms with Crippen molar-refractivity contribution in [1.29, 1.82) is 0 Å². The first-order valence-corrected chi connectivity index (χ1v) is 7.53. The molecular weight excluding hydrogens is 219 g/mol. The fourth-order valence-electron chi connectivity index (χ4n) is 2.23. The van der Waals surface area contributed by atoms with E-state index >= 15 is 0 Å². The summed E-state index contributed by atoms with van der Waals surface area (Å²) in [6, 6.07) is 0. The van der Waals surface area contributed by atoms with Crippen LogP contribution in [0.4, 0.5) is 0 Å². The summed E-state index contributed by atoms with van der Waals surface area (Å²) < 4.78 is 28.3. The topological polar surface area (TPSA) is 65.0 Å². The molecule has 1 unspecified atom stereocenters. The third kappa shape index (κ3) is 1.87. The molecule has 0 aromatic carbocycles. The molecule has 0 spiro atoms. The molecular formula is C9H17O5P. The quantitative estimate of drug-likeness (QED) is 0.721. The Balaban J connectivity index is 2.21. The third-order valence-electron chi connectivity index (χ3n) is 2.86. The molecule has 0 saturated carbocycles. The predicted molar refractivity (Wildman–Crippen MR) is 54.4 cm³/mol. The Morgan fingerprint density at radius 2 is 2.27 bits per heavy atom. The largest absolute Gasteiger partial charge is 0.393 e. The Labute approximate surface area is 89.2 Å². The highest BCUT2D eigenvalue weighted by molar-refractivity contribution is 7.57. The zero-order valence-electron chi connectivity index (χ0n) is 9.17. The molecule has 0 aromatic heterocycles. The fraction of sp³-hybridized carbons (Fsp3) is 1.00. The first-order chi connectivity index (χ1) is 6.88. The smallest absolute Gasteiger partial charge is 0.197 e. The van der Waals surface area contributed by atoms with Crippen molar-refractivity contribution in [3.63, 3.8) is 0 Å². The van der Waals surface area contributed by atoms with E-state index in [1.807, 2.05) is 6.92 Å². The monoisotopic (exact) mass is 236 g/mol. The first kappa shape index (κ1) is 11.6. The maximum atomic E-state index is 11.6. The van der Waals surface area contributed by atoms with Gasteiger partial charge in [-0.25, -0.2) is 0 Å². The van der Waals surface area contributed by atoms with Crippen molar-refractivity contribution < 1.29 is 23.7 Å². The molecule has 0 amide bonds. The molecule has 2 fully saturated rings. The average molecular weight is 236 g/mol. The molecule has 0 aromatic rings. The molecule has 0 aliphatic carbocycles. The number of rotatable bonds is 3. The van der Waals surface area contributed by atoms with Crippen molar-refractivity contribution in [3.8, 4) is 0 Å². The lowest BCUT2D eigenvalue weighted by molar-refractivity contribution is -0.154. The van der Waals surface area contributed by atoms with Gasteiger partial charge in [0.25, 0.3) is 0 Å². The molecule has 0 radical (unpaired) electrons. The number of ether oxygens (including phenoxy) is 2. The molecule has 2 bridgehead atoms. The van der Waals surface area contributed by atoms with Gasteiger partial charge in [-0.2, -0.15) is 0 Å². The molecule has 15 heavy (non-hydrogen) atoms. The second-order valence-corrected chi connectivity index (χ2v) is 7.31. The zero-order valence-corrected chi connectivity index (χ0v) is 10.1. The van der Waals surface area contributed by atoms with Gasteiger partial charge in [0.2, 0.25) is 0 Å². The van der Waals surface area contributed by atoms with Crippen LogP contribution in [0.25, 0.3) is 0 Å². The number of hydrogen-bond donors (Lipinski definition) is 1. The van der Waals surface area contributed by atoms with Gasteiger partial charge in [0, 0.05) is 13.3 Å². The highest BCUT2D eigenvalue weighted by Crippen LogP contribution is 2.49. The number of aliphatic hydroxyl groups excluding tert-OH is 1. The molecule has 2 aliphatic rings. The van der Waals surface area contributed by atoms with E-state index in [2.05, 4.69) is 0 Å². The zero-order chi connectivity index (χ0) is 11.3. The second kappa shape index (κ2) is 3.54. The molecule has 88 valence electrons. The summed E-state index contributed by atoms with van der Waals surface area (Å²) in [5.74, 6) is 0. The van der Waals surface area contributed by atoms with E-state index in [0.717, 1.165) is 0 Å². The van der Waals surface area contributed by atoms with Crippen molar-refractivity contribution >= 4 is 7.37 Å². The molecule has 2 saturated heterocycles. The average Bonchev–Trinajstić information content (AvgIpc) is 2.55. The third-order valence-corrected chi connectivity index (χ3v) is 3.59. The molecule has 5 nitrogen and oxygen atoms in total. The van der Waals surface area contributed by atoms with Crippen LogP contribution in [0.1, 0.15) is 6.92 Å². The normalized spacial score (nSPS) is 44.9. The van der Waals surface area contributed by atoms with Crippen LogP contribution in [0.5, 0.6) is 0 Å². The van der Waals surface area contributed by atoms with E-state index in [1.54, 1.807) is 13.3 Å². The summed E-state index contributed by atoms with van der Waals surface area (Å²) in [5.41, 5.74) is -0.814. The summed E-state index contributed by atoms with van der Waals surface area (Å²) in [5, 5.41) is 9.35. The minimum Gasteiger partial charge on any atom is -0.393 e. The molecule has 2 rings (SSSR count). The van der Waals surface area contributed by atoms with Crippen LogP contribution in [0.3, 0.4) is 0 Å². The van der Waals surface area contributed by atoms with Gasteiger partial charge in [0.15, 0.2) is 7.37 Å². The van der Waals surface area contributed by atoms with Crippen LogP contribution in [0, 0.1) is 0 Å². The highest BCUT2D eigenvalue weighted by atomic mass is 31.2. The first-order valence-electron chi connectivity index (χ1n) is 5.02. The molecule has 1 N–H and O–H groups in total. The van der Waals surface area contributed by atoms with E-state index in [-0.39, 0.29) is 18.8 Å². The minimum atomic E-state index is -2.60. The minimum absolute atomic E-state index is 0.123. The van der Waals surface area contributed by atoms with Crippen molar-refractivity contribution in [2.45, 2.75) is 30.8 Å². The maximum Gasteiger partial charge on any atom is 0.197 e. The SMILES string of the molecule is C[C@@H]1O[C@]2(CO)CO[C@H]1C2OP(C)(C)=O. The van der Waals surface area contributed by atoms with Gasteiger partial charge in [-0.05, 0) is 6.92 Å². The Morgan fingerprint density at radius 1 is 1.60 bits per heavy atom. The highest BCUT2D eigenvalue weighted by Gasteiger charge is 2.61. The lowest BCUT2D eigenvalue weighted by Crippen LogP contribution is -2.45. The molecule has 2 heterocycles. The number of aliphatic hydroxyl groups is 1. The summed E-state index contributed by atoms with van der Waals surface area (Å²) in [6.45, 7) is 5.12. The van der Waals surface area contributed by atoms with Crippen LogP contribution in [-0.4, -0.2) is 55.6 Å². The maximum absolute atomic E-state index is 11.6. The van der Waals surface area contributed by atoms with Gasteiger partial charge in [0.05, 0.1) is 19.3 Å². The number of hydrogen-bond acceptors (Lipinski definition) is 5. The van der Waals surface area contributed by atoms with Crippen LogP contribution >= 0.6 is 7.37 Å². The Hall–Kier alpha value is 0.0700. The van der Waals surface area contributed by atoms with Crippen molar-refractivity contribution in [1.82, 2.24) is 0 Å². The Kier molecular flexibility index (Phi) is 2.72. The van der Waals surface area contributed by atoms with E-state index < -0.39 is 19.1 Å². The standard InChI is InChI=1S/C9H17O5P/c1-6-7-8(14-15(2,3)11)9(4-10,13-6)5-12-7/h6-8,10H,4-5H2,1-3H3/t6-,7+,8?,9+/m0/s1. The van der Waals surface area contributed by atoms with E-state index in [1.165, 1.54) is 0 Å². The van der Waals surface area contributed by atoms with E-state index in [0.29, 0.717) is 6.61 Å². The van der Waals surface area contributed by atoms with Gasteiger partial charge < -0.3 is 19.1 Å². The van der Waals surface area contributed by atoms with Crippen LogP contribution in [-0.2, 0) is 18.6 Å². The second-order valence-electron chi connectivity index (χ2n) is 4.60. The van der Waals surface area contributed by atoms with Gasteiger partial charge in [0.1, 0.15) is 17.8 Å². The van der Waals surface area contributed by atoms with Gasteiger partial charge in [-0.15, -0.1) is 0 Å². The summed E-state index contributed by atoms with van der Waals surface area (Å²) in [6.07, 6.45) is -0.758. The number of fused-ring (bicyclic) bond motifs is 2.